The molecule has 1 heterocycles. The molecule has 0 aromatic carbocycles. The van der Waals surface area contributed by atoms with Gasteiger partial charge in [-0.15, -0.1) is 0 Å². The summed E-state index contributed by atoms with van der Waals surface area (Å²) in [4.78, 5) is 22.2. The fourth-order valence-electron chi connectivity index (χ4n) is 1.29. The fourth-order valence-corrected chi connectivity index (χ4v) is 1.29. The van der Waals surface area contributed by atoms with Gasteiger partial charge in [-0.2, -0.15) is 0 Å². The van der Waals surface area contributed by atoms with Crippen LogP contribution in [-0.2, 0) is 19.1 Å². The van der Waals surface area contributed by atoms with E-state index in [-0.39, 0.29) is 19.6 Å². The van der Waals surface area contributed by atoms with Crippen molar-refractivity contribution in [1.82, 2.24) is 5.32 Å². The summed E-state index contributed by atoms with van der Waals surface area (Å²) < 4.78 is 10.1. The molecule has 0 aromatic heterocycles. The molecule has 0 aliphatic carbocycles. The highest BCUT2D eigenvalue weighted by molar-refractivity contribution is 5.86. The van der Waals surface area contributed by atoms with Crippen LogP contribution < -0.4 is 5.32 Å². The lowest BCUT2D eigenvalue weighted by Gasteiger charge is -2.23. The smallest absolute Gasteiger partial charge is 0.326 e. The first-order valence-electron chi connectivity index (χ1n) is 4.98. The van der Waals surface area contributed by atoms with Crippen LogP contribution in [0.3, 0.4) is 0 Å². The lowest BCUT2D eigenvalue weighted by atomic mass is 10.2. The molecule has 1 aliphatic heterocycles. The van der Waals surface area contributed by atoms with E-state index in [2.05, 4.69) is 5.32 Å². The highest BCUT2D eigenvalue weighted by atomic mass is 16.6. The van der Waals surface area contributed by atoms with Gasteiger partial charge in [0.05, 0.1) is 19.8 Å². The van der Waals surface area contributed by atoms with Gasteiger partial charge in [0.25, 0.3) is 5.91 Å². The zero-order valence-electron chi connectivity index (χ0n) is 8.72. The standard InChI is InChI=1S/C9H15NO6/c11-2-1-6(9(13)14)10-8(12)7-5-15-3-4-16-7/h6-7,11H,1-5H2,(H,10,12)(H,13,14). The van der Waals surface area contributed by atoms with Gasteiger partial charge in [0, 0.05) is 13.0 Å². The molecule has 0 radical (unpaired) electrons. The molecule has 0 saturated carbocycles. The van der Waals surface area contributed by atoms with E-state index in [1.807, 2.05) is 0 Å². The van der Waals surface area contributed by atoms with Crippen molar-refractivity contribution in [2.24, 2.45) is 0 Å². The van der Waals surface area contributed by atoms with Crippen molar-refractivity contribution >= 4 is 11.9 Å². The summed E-state index contributed by atoms with van der Waals surface area (Å²) >= 11 is 0. The van der Waals surface area contributed by atoms with Crippen LogP contribution in [0.15, 0.2) is 0 Å². The second-order valence-corrected chi connectivity index (χ2v) is 3.35. The van der Waals surface area contributed by atoms with Crippen molar-refractivity contribution in [1.29, 1.82) is 0 Å². The van der Waals surface area contributed by atoms with Crippen LogP contribution in [-0.4, -0.2) is 60.7 Å². The predicted molar refractivity (Wildman–Crippen MR) is 51.8 cm³/mol. The minimum atomic E-state index is -1.18. The maximum absolute atomic E-state index is 11.5. The molecule has 7 nitrogen and oxygen atoms in total. The second kappa shape index (κ2) is 6.41. The molecule has 3 N–H and O–H groups in total. The number of hydrogen-bond acceptors (Lipinski definition) is 5. The third-order valence-corrected chi connectivity index (χ3v) is 2.14. The first-order chi connectivity index (χ1) is 7.65. The average Bonchev–Trinajstić information content (AvgIpc) is 2.29. The summed E-state index contributed by atoms with van der Waals surface area (Å²) in [5.74, 6) is -1.71. The number of carboxylic acids is 1. The van der Waals surface area contributed by atoms with E-state index < -0.39 is 24.0 Å². The molecule has 1 amide bonds. The summed E-state index contributed by atoms with van der Waals surface area (Å²) in [6.07, 6.45) is -0.802. The van der Waals surface area contributed by atoms with Crippen molar-refractivity contribution in [2.45, 2.75) is 18.6 Å². The zero-order chi connectivity index (χ0) is 12.0. The van der Waals surface area contributed by atoms with Gasteiger partial charge < -0.3 is 25.0 Å². The molecule has 0 aromatic rings. The minimum Gasteiger partial charge on any atom is -0.480 e. The number of ether oxygens (including phenoxy) is 2. The Hall–Kier alpha value is -1.18. The predicted octanol–water partition coefficient (Wildman–Crippen LogP) is -1.65. The quantitative estimate of drug-likeness (QED) is 0.525. The highest BCUT2D eigenvalue weighted by Crippen LogP contribution is 2.02. The SMILES string of the molecule is O=C(O)C(CCO)NC(=O)C1COCCO1. The van der Waals surface area contributed by atoms with Crippen LogP contribution in [0.4, 0.5) is 0 Å². The number of hydrogen-bond donors (Lipinski definition) is 3. The van der Waals surface area contributed by atoms with Crippen LogP contribution in [0.5, 0.6) is 0 Å². The Kier molecular flexibility index (Phi) is 5.17. The van der Waals surface area contributed by atoms with Crippen LogP contribution in [0.25, 0.3) is 0 Å². The van der Waals surface area contributed by atoms with Gasteiger partial charge in [0.2, 0.25) is 0 Å². The number of aliphatic hydroxyl groups is 1. The first-order valence-corrected chi connectivity index (χ1v) is 4.98. The van der Waals surface area contributed by atoms with E-state index in [9.17, 15) is 9.59 Å². The van der Waals surface area contributed by atoms with Gasteiger partial charge in [-0.05, 0) is 0 Å². The summed E-state index contributed by atoms with van der Waals surface area (Å²) in [6.45, 7) is 0.565. The monoisotopic (exact) mass is 233 g/mol. The largest absolute Gasteiger partial charge is 0.480 e. The summed E-state index contributed by atoms with van der Waals surface area (Å²) in [6, 6.07) is -1.09. The number of nitrogens with one attached hydrogen (secondary N) is 1. The number of carbonyl (C=O) groups is 2. The van der Waals surface area contributed by atoms with Crippen molar-refractivity contribution in [3.8, 4) is 0 Å². The van der Waals surface area contributed by atoms with Gasteiger partial charge >= 0.3 is 5.97 Å². The van der Waals surface area contributed by atoms with Crippen LogP contribution >= 0.6 is 0 Å². The van der Waals surface area contributed by atoms with Crippen LogP contribution in [0.2, 0.25) is 0 Å². The van der Waals surface area contributed by atoms with Crippen LogP contribution in [0, 0.1) is 0 Å². The third-order valence-electron chi connectivity index (χ3n) is 2.14. The molecule has 0 bridgehead atoms. The first kappa shape index (κ1) is 12.9. The molecule has 1 aliphatic rings. The molecule has 92 valence electrons. The molecular weight excluding hydrogens is 218 g/mol. The molecule has 2 unspecified atom stereocenters. The van der Waals surface area contributed by atoms with E-state index >= 15 is 0 Å². The average molecular weight is 233 g/mol. The van der Waals surface area contributed by atoms with Crippen LogP contribution in [0.1, 0.15) is 6.42 Å². The molecule has 1 rings (SSSR count). The highest BCUT2D eigenvalue weighted by Gasteiger charge is 2.27. The van der Waals surface area contributed by atoms with Gasteiger partial charge in [-0.3, -0.25) is 4.79 Å². The summed E-state index contributed by atoms with van der Waals surface area (Å²) in [5.41, 5.74) is 0. The Bertz CT molecular complexity index is 250. The topological polar surface area (TPSA) is 105 Å². The molecule has 7 heteroatoms. The normalized spacial score (nSPS) is 22.4. The molecule has 0 spiro atoms. The Morgan fingerprint density at radius 2 is 2.19 bits per heavy atom. The van der Waals surface area contributed by atoms with Crippen molar-refractivity contribution in [3.63, 3.8) is 0 Å². The maximum atomic E-state index is 11.5. The van der Waals surface area contributed by atoms with E-state index in [1.54, 1.807) is 0 Å². The molecular formula is C9H15NO6. The molecule has 1 fully saturated rings. The number of aliphatic hydroxyl groups excluding tert-OH is 1. The van der Waals surface area contributed by atoms with E-state index in [0.29, 0.717) is 13.2 Å². The number of aliphatic carboxylic acids is 1. The number of amides is 1. The number of carboxylic acid groups (broad SMARTS) is 1. The van der Waals surface area contributed by atoms with E-state index in [1.165, 1.54) is 0 Å². The Morgan fingerprint density at radius 3 is 2.69 bits per heavy atom. The van der Waals surface area contributed by atoms with Crippen molar-refractivity contribution < 1.29 is 29.3 Å². The lowest BCUT2D eigenvalue weighted by Crippen LogP contribution is -2.49. The fraction of sp³-hybridized carbons (Fsp3) is 0.778. The summed E-state index contributed by atoms with van der Waals surface area (Å²) in [7, 11) is 0. The third kappa shape index (κ3) is 3.76. The van der Waals surface area contributed by atoms with E-state index in [4.69, 9.17) is 19.7 Å². The lowest BCUT2D eigenvalue weighted by molar-refractivity contribution is -0.152. The van der Waals surface area contributed by atoms with E-state index in [0.717, 1.165) is 0 Å². The Balaban J connectivity index is 2.43. The Labute approximate surface area is 92.3 Å². The molecule has 16 heavy (non-hydrogen) atoms. The van der Waals surface area contributed by atoms with Gasteiger partial charge in [0.15, 0.2) is 6.10 Å². The maximum Gasteiger partial charge on any atom is 0.326 e. The molecule has 2 atom stereocenters. The summed E-state index contributed by atoms with van der Waals surface area (Å²) in [5, 5.41) is 19.7. The van der Waals surface area contributed by atoms with Gasteiger partial charge in [0.1, 0.15) is 6.04 Å². The van der Waals surface area contributed by atoms with Gasteiger partial charge in [-0.1, -0.05) is 0 Å². The Morgan fingerprint density at radius 1 is 1.44 bits per heavy atom. The molecule has 1 saturated heterocycles. The number of rotatable bonds is 5. The van der Waals surface area contributed by atoms with Crippen molar-refractivity contribution in [3.05, 3.63) is 0 Å². The van der Waals surface area contributed by atoms with Crippen molar-refractivity contribution in [2.75, 3.05) is 26.4 Å². The zero-order valence-corrected chi connectivity index (χ0v) is 8.72. The van der Waals surface area contributed by atoms with Gasteiger partial charge in [-0.25, -0.2) is 4.79 Å². The second-order valence-electron chi connectivity index (χ2n) is 3.35. The minimum absolute atomic E-state index is 0.0331. The number of carbonyl (C=O) groups excluding carboxylic acids is 1.